The van der Waals surface area contributed by atoms with Crippen LogP contribution >= 0.6 is 0 Å². The van der Waals surface area contributed by atoms with E-state index in [4.69, 9.17) is 14.8 Å². The van der Waals surface area contributed by atoms with E-state index in [-0.39, 0.29) is 6.61 Å². The van der Waals surface area contributed by atoms with E-state index < -0.39 is 0 Å². The third kappa shape index (κ3) is 5.29. The number of fused-ring (bicyclic) bond motifs is 3. The second kappa shape index (κ2) is 11.7. The lowest BCUT2D eigenvalue weighted by atomic mass is 9.91. The first kappa shape index (κ1) is 28.1. The number of aliphatic hydroxyl groups excluding tert-OH is 1. The first-order chi connectivity index (χ1) is 21.5. The number of aliphatic hydroxyl groups is 1. The van der Waals surface area contributed by atoms with E-state index >= 15 is 0 Å². The summed E-state index contributed by atoms with van der Waals surface area (Å²) in [5.74, 6) is 1.25. The highest BCUT2D eigenvalue weighted by Crippen LogP contribution is 2.40. The van der Waals surface area contributed by atoms with Gasteiger partial charge in [-0.25, -0.2) is 9.97 Å². The molecular formula is C33H37N9O2. The lowest BCUT2D eigenvalue weighted by Crippen LogP contribution is -2.47. The Morgan fingerprint density at radius 2 is 1.73 bits per heavy atom. The van der Waals surface area contributed by atoms with Gasteiger partial charge in [-0.3, -0.25) is 14.3 Å². The molecule has 2 aromatic carbocycles. The Kier molecular flexibility index (Phi) is 7.49. The van der Waals surface area contributed by atoms with Crippen LogP contribution in [0.1, 0.15) is 11.3 Å². The van der Waals surface area contributed by atoms with Crippen molar-refractivity contribution in [1.29, 1.82) is 0 Å². The fraction of sp³-hybridized carbons (Fsp3) is 0.333. The van der Waals surface area contributed by atoms with Crippen LogP contribution < -0.4 is 15.0 Å². The summed E-state index contributed by atoms with van der Waals surface area (Å²) in [6.07, 6.45) is 7.53. The Bertz CT molecular complexity index is 1790. The number of piperazine rings is 1. The highest BCUT2D eigenvalue weighted by molar-refractivity contribution is 5.85. The number of aryl methyl sites for hydroxylation is 4. The standard InChI is InChI=1S/C33H37N9O2/c1-39-21-25(20-35-39)22-4-6-23(7-5-22)32-30-28(38-40(32)2)10-8-24-19-34-33(37-31(24)30)36-27-11-9-26(18-29(27)44-3)42-14-12-41(13-15-42)16-17-43/h4-7,9,11,18-21,43H,8,10,12-17H2,1-3H3,(H,34,36,37). The largest absolute Gasteiger partial charge is 0.494 e. The van der Waals surface area contributed by atoms with E-state index in [1.807, 2.05) is 48.1 Å². The third-order valence-corrected chi connectivity index (χ3v) is 8.63. The van der Waals surface area contributed by atoms with Crippen LogP contribution in [0.25, 0.3) is 33.6 Å². The minimum Gasteiger partial charge on any atom is -0.494 e. The smallest absolute Gasteiger partial charge is 0.227 e. The van der Waals surface area contributed by atoms with Crippen molar-refractivity contribution in [1.82, 2.24) is 34.4 Å². The van der Waals surface area contributed by atoms with Gasteiger partial charge in [-0.2, -0.15) is 10.2 Å². The van der Waals surface area contributed by atoms with Gasteiger partial charge < -0.3 is 20.1 Å². The van der Waals surface area contributed by atoms with Gasteiger partial charge in [-0.15, -0.1) is 0 Å². The number of benzene rings is 2. The predicted molar refractivity (Wildman–Crippen MR) is 171 cm³/mol. The van der Waals surface area contributed by atoms with Crippen molar-refractivity contribution in [2.75, 3.05) is 56.7 Å². The molecule has 4 heterocycles. The summed E-state index contributed by atoms with van der Waals surface area (Å²) in [5.41, 5.74) is 10.4. The number of methoxy groups -OCH3 is 1. The van der Waals surface area contributed by atoms with Gasteiger partial charge in [0, 0.05) is 87.7 Å². The van der Waals surface area contributed by atoms with Gasteiger partial charge in [-0.1, -0.05) is 24.3 Å². The number of anilines is 3. The third-order valence-electron chi connectivity index (χ3n) is 8.63. The maximum Gasteiger partial charge on any atom is 0.227 e. The van der Waals surface area contributed by atoms with E-state index in [0.29, 0.717) is 5.95 Å². The molecule has 3 aromatic heterocycles. The number of nitrogens with zero attached hydrogens (tertiary/aromatic N) is 8. The fourth-order valence-electron chi connectivity index (χ4n) is 6.32. The van der Waals surface area contributed by atoms with Crippen molar-refractivity contribution in [3.63, 3.8) is 0 Å². The van der Waals surface area contributed by atoms with Crippen molar-refractivity contribution in [3.8, 4) is 39.4 Å². The number of β-amino-alcohol motifs (C(OH)–C–C–N with tert-alkyl or cyclic N) is 1. The van der Waals surface area contributed by atoms with E-state index in [2.05, 4.69) is 61.6 Å². The van der Waals surface area contributed by atoms with Crippen LogP contribution in [0.3, 0.4) is 0 Å². The summed E-state index contributed by atoms with van der Waals surface area (Å²) >= 11 is 0. The van der Waals surface area contributed by atoms with Crippen LogP contribution in [-0.4, -0.2) is 86.0 Å². The lowest BCUT2D eigenvalue weighted by Gasteiger charge is -2.36. The lowest BCUT2D eigenvalue weighted by molar-refractivity contribution is 0.189. The second-order valence-electron chi connectivity index (χ2n) is 11.4. The van der Waals surface area contributed by atoms with Crippen molar-refractivity contribution in [2.24, 2.45) is 14.1 Å². The van der Waals surface area contributed by atoms with Gasteiger partial charge in [-0.05, 0) is 36.1 Å². The molecular weight excluding hydrogens is 554 g/mol. The van der Waals surface area contributed by atoms with Crippen LogP contribution in [0.15, 0.2) is 61.1 Å². The molecule has 2 N–H and O–H groups in total. The van der Waals surface area contributed by atoms with Gasteiger partial charge in [0.05, 0.1) is 42.7 Å². The van der Waals surface area contributed by atoms with Crippen LogP contribution in [-0.2, 0) is 26.9 Å². The molecule has 0 saturated carbocycles. The molecule has 1 aliphatic carbocycles. The first-order valence-corrected chi connectivity index (χ1v) is 15.1. The van der Waals surface area contributed by atoms with Crippen LogP contribution in [0.4, 0.5) is 17.3 Å². The summed E-state index contributed by atoms with van der Waals surface area (Å²) in [5, 5.41) is 21.9. The Morgan fingerprint density at radius 1 is 0.932 bits per heavy atom. The van der Waals surface area contributed by atoms with E-state index in [1.54, 1.807) is 7.11 Å². The highest BCUT2D eigenvalue weighted by atomic mass is 16.5. The maximum absolute atomic E-state index is 9.25. The number of aromatic nitrogens is 6. The van der Waals surface area contributed by atoms with Crippen LogP contribution in [0, 0.1) is 0 Å². The molecule has 1 aliphatic heterocycles. The SMILES string of the molecule is COc1cc(N2CCN(CCO)CC2)ccc1Nc1ncc2c(n1)-c1c(nn(C)c1-c1ccc(-c3cnn(C)c3)cc1)CC2. The minimum absolute atomic E-state index is 0.197. The molecule has 1 fully saturated rings. The molecule has 44 heavy (non-hydrogen) atoms. The molecule has 226 valence electrons. The molecule has 5 aromatic rings. The minimum atomic E-state index is 0.197. The van der Waals surface area contributed by atoms with Crippen molar-refractivity contribution < 1.29 is 9.84 Å². The number of ether oxygens (including phenoxy) is 1. The van der Waals surface area contributed by atoms with Crippen molar-refractivity contribution in [2.45, 2.75) is 12.8 Å². The van der Waals surface area contributed by atoms with Crippen molar-refractivity contribution >= 4 is 17.3 Å². The topological polar surface area (TPSA) is 109 Å². The molecule has 0 atom stereocenters. The molecule has 1 saturated heterocycles. The fourth-order valence-corrected chi connectivity index (χ4v) is 6.32. The summed E-state index contributed by atoms with van der Waals surface area (Å²) in [6.45, 7) is 4.60. The molecule has 0 spiro atoms. The summed E-state index contributed by atoms with van der Waals surface area (Å²) in [4.78, 5) is 14.4. The zero-order valence-corrected chi connectivity index (χ0v) is 25.4. The zero-order chi connectivity index (χ0) is 30.2. The quantitative estimate of drug-likeness (QED) is 0.278. The van der Waals surface area contributed by atoms with E-state index in [1.165, 1.54) is 0 Å². The molecule has 2 aliphatic rings. The zero-order valence-electron chi connectivity index (χ0n) is 25.4. The van der Waals surface area contributed by atoms with Gasteiger partial charge in [0.15, 0.2) is 0 Å². The Hall–Kier alpha value is -4.74. The van der Waals surface area contributed by atoms with Gasteiger partial charge in [0.2, 0.25) is 5.95 Å². The van der Waals surface area contributed by atoms with E-state index in [9.17, 15) is 5.11 Å². The van der Waals surface area contributed by atoms with Gasteiger partial charge in [0.1, 0.15) is 5.75 Å². The molecule has 0 amide bonds. The van der Waals surface area contributed by atoms with Gasteiger partial charge >= 0.3 is 0 Å². The Labute approximate surface area is 256 Å². The molecule has 7 rings (SSSR count). The molecule has 0 unspecified atom stereocenters. The monoisotopic (exact) mass is 591 g/mol. The Balaban J connectivity index is 1.16. The first-order valence-electron chi connectivity index (χ1n) is 15.1. The van der Waals surface area contributed by atoms with Crippen molar-refractivity contribution in [3.05, 3.63) is 72.3 Å². The van der Waals surface area contributed by atoms with Gasteiger partial charge in [0.25, 0.3) is 0 Å². The molecule has 11 nitrogen and oxygen atoms in total. The van der Waals surface area contributed by atoms with Crippen LogP contribution in [0.2, 0.25) is 0 Å². The molecule has 0 radical (unpaired) electrons. The highest BCUT2D eigenvalue weighted by Gasteiger charge is 2.27. The number of nitrogens with one attached hydrogen (secondary N) is 1. The maximum atomic E-state index is 9.25. The normalized spacial score (nSPS) is 14.8. The average Bonchev–Trinajstić information content (AvgIpc) is 3.64. The number of hydrogen-bond donors (Lipinski definition) is 2. The molecule has 11 heteroatoms. The number of rotatable bonds is 8. The summed E-state index contributed by atoms with van der Waals surface area (Å²) < 4.78 is 9.58. The second-order valence-corrected chi connectivity index (χ2v) is 11.4. The van der Waals surface area contributed by atoms with E-state index in [0.717, 1.165) is 108 Å². The predicted octanol–water partition coefficient (Wildman–Crippen LogP) is 3.91. The summed E-state index contributed by atoms with van der Waals surface area (Å²) in [7, 11) is 5.61. The molecule has 0 bridgehead atoms. The van der Waals surface area contributed by atoms with Crippen LogP contribution in [0.5, 0.6) is 5.75 Å². The Morgan fingerprint density at radius 3 is 2.45 bits per heavy atom. The average molecular weight is 592 g/mol. The summed E-state index contributed by atoms with van der Waals surface area (Å²) in [6, 6.07) is 14.8. The number of hydrogen-bond acceptors (Lipinski definition) is 9.